The van der Waals surface area contributed by atoms with Crippen molar-refractivity contribution < 1.29 is 37.2 Å². The van der Waals surface area contributed by atoms with Gasteiger partial charge < -0.3 is 24.1 Å². The Morgan fingerprint density at radius 2 is 1.41 bits per heavy atom. The molecule has 0 unspecified atom stereocenters. The summed E-state index contributed by atoms with van der Waals surface area (Å²) in [5.74, 6) is 1.33. The van der Waals surface area contributed by atoms with E-state index in [2.05, 4.69) is 0 Å². The van der Waals surface area contributed by atoms with Gasteiger partial charge in [0.15, 0.2) is 11.5 Å². The molecule has 0 aliphatic carbocycles. The lowest BCUT2D eigenvalue weighted by Crippen LogP contribution is -2.22. The van der Waals surface area contributed by atoms with Crippen LogP contribution in [0.25, 0.3) is 0 Å². The Hall–Kier alpha value is -2.61. The van der Waals surface area contributed by atoms with E-state index in [1.54, 1.807) is 19.1 Å². The number of benzene rings is 2. The van der Waals surface area contributed by atoms with E-state index >= 15 is 0 Å². The van der Waals surface area contributed by atoms with Crippen LogP contribution in [0.5, 0.6) is 23.0 Å². The van der Waals surface area contributed by atoms with Crippen molar-refractivity contribution in [1.29, 1.82) is 0 Å². The molecule has 5 nitrogen and oxygen atoms in total. The molecule has 0 saturated carbocycles. The van der Waals surface area contributed by atoms with Crippen LogP contribution < -0.4 is 18.9 Å². The smallest absolute Gasteiger partial charge is 0.416 e. The fraction of sp³-hybridized carbons (Fsp3) is 0.368. The van der Waals surface area contributed by atoms with Gasteiger partial charge in [-0.25, -0.2) is 0 Å². The second-order valence-electron chi connectivity index (χ2n) is 5.75. The van der Waals surface area contributed by atoms with Crippen molar-refractivity contribution in [1.82, 2.24) is 0 Å². The van der Waals surface area contributed by atoms with Crippen LogP contribution in [0.2, 0.25) is 0 Å². The van der Waals surface area contributed by atoms with Crippen LogP contribution in [0, 0.1) is 0 Å². The zero-order valence-corrected chi connectivity index (χ0v) is 15.3. The first-order valence-electron chi connectivity index (χ1n) is 8.03. The van der Waals surface area contributed by atoms with E-state index in [-0.39, 0.29) is 5.75 Å². The highest BCUT2D eigenvalue weighted by Gasteiger charge is 2.30. The highest BCUT2D eigenvalue weighted by Crippen LogP contribution is 2.40. The third-order valence-corrected chi connectivity index (χ3v) is 3.98. The van der Waals surface area contributed by atoms with Crippen LogP contribution in [0.4, 0.5) is 13.2 Å². The maximum atomic E-state index is 12.6. The van der Waals surface area contributed by atoms with Crippen LogP contribution in [0.3, 0.4) is 0 Å². The van der Waals surface area contributed by atoms with E-state index in [1.165, 1.54) is 33.5 Å². The zero-order valence-electron chi connectivity index (χ0n) is 15.3. The molecular weight excluding hydrogens is 365 g/mol. The standard InChI is InChI=1S/C19H21F3O5/c1-11(27-14-7-5-13(6-8-14)19(20,21)22)17(23)12-9-15(24-2)18(26-4)16(10-12)25-3/h5-11,17,23H,1-4H3/t11-,17-/m1/s1. The van der Waals surface area contributed by atoms with Gasteiger partial charge in [0.05, 0.1) is 26.9 Å². The molecule has 2 aromatic carbocycles. The molecule has 0 amide bonds. The molecule has 1 N–H and O–H groups in total. The zero-order chi connectivity index (χ0) is 20.2. The number of methoxy groups -OCH3 is 3. The van der Waals surface area contributed by atoms with Crippen molar-refractivity contribution in [3.63, 3.8) is 0 Å². The van der Waals surface area contributed by atoms with Crippen LogP contribution in [0.1, 0.15) is 24.2 Å². The molecule has 0 heterocycles. The molecule has 2 rings (SSSR count). The first-order valence-corrected chi connectivity index (χ1v) is 8.03. The molecule has 0 saturated heterocycles. The molecule has 0 aliphatic rings. The van der Waals surface area contributed by atoms with E-state index in [1.807, 2.05) is 0 Å². The second kappa shape index (κ2) is 8.39. The lowest BCUT2D eigenvalue weighted by molar-refractivity contribution is -0.137. The van der Waals surface area contributed by atoms with Gasteiger partial charge in [0.2, 0.25) is 5.75 Å². The van der Waals surface area contributed by atoms with Gasteiger partial charge >= 0.3 is 6.18 Å². The molecule has 27 heavy (non-hydrogen) atoms. The molecule has 0 aliphatic heterocycles. The summed E-state index contributed by atoms with van der Waals surface area (Å²) in [6, 6.07) is 7.43. The monoisotopic (exact) mass is 386 g/mol. The molecule has 0 fully saturated rings. The SMILES string of the molecule is COc1cc([C@H](O)[C@@H](C)Oc2ccc(C(F)(F)F)cc2)cc(OC)c1OC. The molecule has 2 aromatic rings. The van der Waals surface area contributed by atoms with Gasteiger partial charge in [-0.15, -0.1) is 0 Å². The Kier molecular flexibility index (Phi) is 6.43. The predicted molar refractivity (Wildman–Crippen MR) is 92.6 cm³/mol. The van der Waals surface area contributed by atoms with Crippen molar-refractivity contribution in [2.24, 2.45) is 0 Å². The van der Waals surface area contributed by atoms with Crippen molar-refractivity contribution in [2.75, 3.05) is 21.3 Å². The summed E-state index contributed by atoms with van der Waals surface area (Å²) in [6.07, 6.45) is -6.25. The Labute approximate surface area is 155 Å². The number of aliphatic hydroxyl groups excluding tert-OH is 1. The summed E-state index contributed by atoms with van der Waals surface area (Å²) >= 11 is 0. The average Bonchev–Trinajstić information content (AvgIpc) is 2.65. The summed E-state index contributed by atoms with van der Waals surface area (Å²) in [6.45, 7) is 1.60. The van der Waals surface area contributed by atoms with E-state index in [9.17, 15) is 18.3 Å². The third-order valence-electron chi connectivity index (χ3n) is 3.98. The number of hydrogen-bond donors (Lipinski definition) is 1. The quantitative estimate of drug-likeness (QED) is 0.772. The number of rotatable bonds is 7. The Morgan fingerprint density at radius 1 is 0.889 bits per heavy atom. The van der Waals surface area contributed by atoms with Crippen molar-refractivity contribution in [3.8, 4) is 23.0 Å². The summed E-state index contributed by atoms with van der Waals surface area (Å²) in [5, 5.41) is 10.6. The third kappa shape index (κ3) is 4.77. The van der Waals surface area contributed by atoms with Crippen molar-refractivity contribution in [3.05, 3.63) is 47.5 Å². The topological polar surface area (TPSA) is 57.2 Å². The van der Waals surface area contributed by atoms with Gasteiger partial charge in [-0.3, -0.25) is 0 Å². The highest BCUT2D eigenvalue weighted by molar-refractivity contribution is 5.54. The van der Waals surface area contributed by atoms with Gasteiger partial charge in [0.25, 0.3) is 0 Å². The first-order chi connectivity index (χ1) is 12.7. The summed E-state index contributed by atoms with van der Waals surface area (Å²) < 4.78 is 59.2. The lowest BCUT2D eigenvalue weighted by Gasteiger charge is -2.23. The maximum Gasteiger partial charge on any atom is 0.416 e. The van der Waals surface area contributed by atoms with Gasteiger partial charge in [-0.05, 0) is 48.9 Å². The van der Waals surface area contributed by atoms with Gasteiger partial charge in [0, 0.05) is 0 Å². The second-order valence-corrected chi connectivity index (χ2v) is 5.75. The Bertz CT molecular complexity index is 734. The first kappa shape index (κ1) is 20.7. The van der Waals surface area contributed by atoms with Crippen molar-refractivity contribution in [2.45, 2.75) is 25.3 Å². The Balaban J connectivity index is 2.20. The normalized spacial score (nSPS) is 13.6. The molecule has 2 atom stereocenters. The molecule has 0 spiro atoms. The fourth-order valence-electron chi connectivity index (χ4n) is 2.54. The van der Waals surface area contributed by atoms with Gasteiger partial charge in [-0.2, -0.15) is 13.2 Å². The van der Waals surface area contributed by atoms with Gasteiger partial charge in [0.1, 0.15) is 18.0 Å². The average molecular weight is 386 g/mol. The predicted octanol–water partition coefficient (Wildman–Crippen LogP) is 4.23. The molecule has 0 radical (unpaired) electrons. The molecule has 8 heteroatoms. The van der Waals surface area contributed by atoms with Crippen LogP contribution >= 0.6 is 0 Å². The molecule has 148 valence electrons. The van der Waals surface area contributed by atoms with Crippen LogP contribution in [-0.4, -0.2) is 32.5 Å². The maximum absolute atomic E-state index is 12.6. The number of aliphatic hydroxyl groups is 1. The highest BCUT2D eigenvalue weighted by atomic mass is 19.4. The largest absolute Gasteiger partial charge is 0.493 e. The number of hydrogen-bond acceptors (Lipinski definition) is 5. The minimum absolute atomic E-state index is 0.210. The minimum atomic E-state index is -4.42. The fourth-order valence-corrected chi connectivity index (χ4v) is 2.54. The van der Waals surface area contributed by atoms with Crippen LogP contribution in [-0.2, 0) is 6.18 Å². The van der Waals surface area contributed by atoms with Crippen LogP contribution in [0.15, 0.2) is 36.4 Å². The van der Waals surface area contributed by atoms with Gasteiger partial charge in [-0.1, -0.05) is 0 Å². The summed E-state index contributed by atoms with van der Waals surface area (Å²) in [7, 11) is 4.37. The number of alkyl halides is 3. The van der Waals surface area contributed by atoms with E-state index in [0.29, 0.717) is 22.8 Å². The molecular formula is C19H21F3O5. The Morgan fingerprint density at radius 3 is 1.81 bits per heavy atom. The van der Waals surface area contributed by atoms with Crippen molar-refractivity contribution >= 4 is 0 Å². The van der Waals surface area contributed by atoms with E-state index < -0.39 is 23.9 Å². The number of halogens is 3. The minimum Gasteiger partial charge on any atom is -0.493 e. The van der Waals surface area contributed by atoms with E-state index in [0.717, 1.165) is 12.1 Å². The molecule has 0 bridgehead atoms. The number of ether oxygens (including phenoxy) is 4. The summed E-state index contributed by atoms with van der Waals surface area (Å²) in [5.41, 5.74) is -0.323. The molecule has 0 aromatic heterocycles. The van der Waals surface area contributed by atoms with E-state index in [4.69, 9.17) is 18.9 Å². The summed E-state index contributed by atoms with van der Waals surface area (Å²) in [4.78, 5) is 0. The lowest BCUT2D eigenvalue weighted by atomic mass is 10.0.